The van der Waals surface area contributed by atoms with E-state index in [1.807, 2.05) is 13.8 Å². The Morgan fingerprint density at radius 1 is 1.16 bits per heavy atom. The van der Waals surface area contributed by atoms with E-state index in [0.717, 1.165) is 9.87 Å². The van der Waals surface area contributed by atoms with Gasteiger partial charge in [0.1, 0.15) is 18.0 Å². The van der Waals surface area contributed by atoms with Gasteiger partial charge in [-0.05, 0) is 69.7 Å². The molecule has 1 N–H and O–H groups in total. The summed E-state index contributed by atoms with van der Waals surface area (Å²) in [7, 11) is -4.15. The van der Waals surface area contributed by atoms with Crippen LogP contribution in [0, 0.1) is 20.8 Å². The molecule has 0 fully saturated rings. The maximum absolute atomic E-state index is 13.5. The second-order valence-corrected chi connectivity index (χ2v) is 9.33. The molecule has 0 saturated heterocycles. The van der Waals surface area contributed by atoms with Gasteiger partial charge in [0.2, 0.25) is 5.91 Å². The van der Waals surface area contributed by atoms with Crippen LogP contribution in [0.3, 0.4) is 0 Å². The van der Waals surface area contributed by atoms with Crippen LogP contribution in [0.4, 0.5) is 11.4 Å². The van der Waals surface area contributed by atoms with E-state index in [2.05, 4.69) is 10.5 Å². The van der Waals surface area contributed by atoms with Gasteiger partial charge in [-0.2, -0.15) is 0 Å². The molecule has 0 spiro atoms. The molecule has 1 amide bonds. The average molecular weight is 478 g/mol. The molecule has 1 heterocycles. The van der Waals surface area contributed by atoms with Crippen LogP contribution >= 0.6 is 11.6 Å². The van der Waals surface area contributed by atoms with Crippen molar-refractivity contribution >= 4 is 38.9 Å². The summed E-state index contributed by atoms with van der Waals surface area (Å²) >= 11 is 6.03. The molecule has 0 radical (unpaired) electrons. The van der Waals surface area contributed by atoms with Gasteiger partial charge in [0.05, 0.1) is 12.3 Å². The molecule has 0 saturated carbocycles. The fourth-order valence-electron chi connectivity index (χ4n) is 3.19. The molecule has 0 aliphatic heterocycles. The highest BCUT2D eigenvalue weighted by molar-refractivity contribution is 7.93. The van der Waals surface area contributed by atoms with Crippen molar-refractivity contribution in [2.24, 2.45) is 0 Å². The Hall–Kier alpha value is -3.04. The number of hydrogen-bond donors (Lipinski definition) is 1. The first-order chi connectivity index (χ1) is 15.1. The van der Waals surface area contributed by atoms with Crippen molar-refractivity contribution < 1.29 is 22.5 Å². The maximum atomic E-state index is 13.5. The number of nitrogens with one attached hydrogen (secondary N) is 1. The van der Waals surface area contributed by atoms with E-state index < -0.39 is 22.5 Å². The van der Waals surface area contributed by atoms with Crippen molar-refractivity contribution in [3.8, 4) is 5.75 Å². The first kappa shape index (κ1) is 23.6. The number of carbonyl (C=O) groups is 1. The summed E-state index contributed by atoms with van der Waals surface area (Å²) in [6.45, 7) is 6.73. The van der Waals surface area contributed by atoms with Crippen molar-refractivity contribution in [2.45, 2.75) is 32.6 Å². The van der Waals surface area contributed by atoms with Crippen LogP contribution in [-0.2, 0) is 14.8 Å². The molecule has 2 aromatic carbocycles. The molecule has 3 rings (SSSR count). The van der Waals surface area contributed by atoms with E-state index in [1.165, 1.54) is 13.8 Å². The fourth-order valence-corrected chi connectivity index (χ4v) is 5.08. The zero-order chi connectivity index (χ0) is 23.5. The van der Waals surface area contributed by atoms with Gasteiger partial charge in [-0.15, -0.1) is 0 Å². The average Bonchev–Trinajstić information content (AvgIpc) is 3.08. The van der Waals surface area contributed by atoms with E-state index in [9.17, 15) is 13.2 Å². The summed E-state index contributed by atoms with van der Waals surface area (Å²) in [5, 5.41) is 6.94. The zero-order valence-electron chi connectivity index (χ0n) is 18.2. The minimum absolute atomic E-state index is 0.0712. The van der Waals surface area contributed by atoms with Crippen molar-refractivity contribution in [3.05, 3.63) is 64.5 Å². The highest BCUT2D eigenvalue weighted by Gasteiger charge is 2.33. The van der Waals surface area contributed by atoms with Crippen molar-refractivity contribution in [1.29, 1.82) is 0 Å². The van der Waals surface area contributed by atoms with Gasteiger partial charge >= 0.3 is 0 Å². The number of aromatic nitrogens is 1. The Kier molecular flexibility index (Phi) is 7.10. The van der Waals surface area contributed by atoms with Crippen LogP contribution in [-0.4, -0.2) is 32.6 Å². The number of nitrogens with zero attached hydrogens (tertiary/aromatic N) is 2. The van der Waals surface area contributed by atoms with Crippen LogP contribution in [0.5, 0.6) is 5.75 Å². The van der Waals surface area contributed by atoms with Crippen molar-refractivity contribution in [1.82, 2.24) is 5.16 Å². The third kappa shape index (κ3) is 5.05. The molecule has 0 aliphatic rings. The Morgan fingerprint density at radius 3 is 2.44 bits per heavy atom. The highest BCUT2D eigenvalue weighted by atomic mass is 35.5. The molecular weight excluding hydrogens is 454 g/mol. The van der Waals surface area contributed by atoms with Crippen LogP contribution in [0.1, 0.15) is 23.9 Å². The number of benzene rings is 2. The Labute approximate surface area is 192 Å². The van der Waals surface area contributed by atoms with Gasteiger partial charge in [0, 0.05) is 10.7 Å². The van der Waals surface area contributed by atoms with E-state index in [0.29, 0.717) is 28.8 Å². The van der Waals surface area contributed by atoms with Crippen molar-refractivity contribution in [3.63, 3.8) is 0 Å². The zero-order valence-corrected chi connectivity index (χ0v) is 19.7. The smallest absolute Gasteiger partial charge is 0.270 e. The number of carbonyl (C=O) groups excluding carboxylic acids is 1. The number of ether oxygens (including phenoxy) is 1. The Balaban J connectivity index is 1.98. The minimum Gasteiger partial charge on any atom is -0.494 e. The monoisotopic (exact) mass is 477 g/mol. The third-order valence-corrected chi connectivity index (χ3v) is 6.97. The largest absolute Gasteiger partial charge is 0.494 e. The molecule has 0 bridgehead atoms. The summed E-state index contributed by atoms with van der Waals surface area (Å²) in [5.74, 6) is 0.203. The van der Waals surface area contributed by atoms with Crippen LogP contribution in [0.2, 0.25) is 5.02 Å². The number of amides is 1. The maximum Gasteiger partial charge on any atom is 0.270 e. The number of halogens is 1. The first-order valence-electron chi connectivity index (χ1n) is 9.88. The minimum atomic E-state index is -4.15. The summed E-state index contributed by atoms with van der Waals surface area (Å²) in [6, 6.07) is 11.5. The lowest BCUT2D eigenvalue weighted by atomic mass is 10.2. The second kappa shape index (κ2) is 9.62. The van der Waals surface area contributed by atoms with Gasteiger partial charge in [-0.1, -0.05) is 22.8 Å². The van der Waals surface area contributed by atoms with E-state index in [1.54, 1.807) is 42.5 Å². The molecule has 32 heavy (non-hydrogen) atoms. The van der Waals surface area contributed by atoms with E-state index in [4.69, 9.17) is 20.9 Å². The topological polar surface area (TPSA) is 102 Å². The van der Waals surface area contributed by atoms with Gasteiger partial charge in [-0.3, -0.25) is 9.10 Å². The summed E-state index contributed by atoms with van der Waals surface area (Å²) in [4.78, 5) is 12.8. The molecule has 0 unspecified atom stereocenters. The normalized spacial score (nSPS) is 11.3. The summed E-state index contributed by atoms with van der Waals surface area (Å²) in [5.41, 5.74) is 1.81. The van der Waals surface area contributed by atoms with Crippen LogP contribution in [0.15, 0.2) is 51.9 Å². The van der Waals surface area contributed by atoms with E-state index in [-0.39, 0.29) is 16.3 Å². The molecule has 10 heteroatoms. The molecule has 8 nitrogen and oxygen atoms in total. The number of sulfonamides is 1. The molecular formula is C22H24ClN3O5S. The molecule has 3 aromatic rings. The lowest BCUT2D eigenvalue weighted by Crippen LogP contribution is -2.38. The van der Waals surface area contributed by atoms with Crippen LogP contribution < -0.4 is 14.4 Å². The number of hydrogen-bond acceptors (Lipinski definition) is 6. The number of rotatable bonds is 8. The second-order valence-electron chi connectivity index (χ2n) is 7.10. The Bertz CT molecular complexity index is 1200. The van der Waals surface area contributed by atoms with E-state index >= 15 is 0 Å². The van der Waals surface area contributed by atoms with Gasteiger partial charge < -0.3 is 14.6 Å². The predicted octanol–water partition coefficient (Wildman–Crippen LogP) is 4.49. The number of aryl methyl sites for hydroxylation is 3. The van der Waals surface area contributed by atoms with Crippen LogP contribution in [0.25, 0.3) is 0 Å². The first-order valence-corrected chi connectivity index (χ1v) is 11.7. The SMILES string of the molecule is CCOc1ccc(N(CC(=O)Nc2cc(Cl)ccc2C)S(=O)(=O)c2c(C)noc2C)cc1. The lowest BCUT2D eigenvalue weighted by molar-refractivity contribution is -0.114. The Morgan fingerprint density at radius 2 is 1.84 bits per heavy atom. The molecule has 170 valence electrons. The molecule has 1 aromatic heterocycles. The molecule has 0 atom stereocenters. The van der Waals surface area contributed by atoms with Crippen molar-refractivity contribution in [2.75, 3.05) is 22.8 Å². The highest BCUT2D eigenvalue weighted by Crippen LogP contribution is 2.29. The van der Waals surface area contributed by atoms with Gasteiger partial charge in [-0.25, -0.2) is 8.42 Å². The van der Waals surface area contributed by atoms with Gasteiger partial charge in [0.15, 0.2) is 10.7 Å². The summed E-state index contributed by atoms with van der Waals surface area (Å²) in [6.07, 6.45) is 0. The van der Waals surface area contributed by atoms with Gasteiger partial charge in [0.25, 0.3) is 10.0 Å². The lowest BCUT2D eigenvalue weighted by Gasteiger charge is -2.24. The fraction of sp³-hybridized carbons (Fsp3) is 0.273. The summed E-state index contributed by atoms with van der Waals surface area (Å²) < 4.78 is 38.6. The third-order valence-electron chi connectivity index (χ3n) is 4.71. The molecule has 0 aliphatic carbocycles. The predicted molar refractivity (Wildman–Crippen MR) is 123 cm³/mol. The standard InChI is InChI=1S/C22H24ClN3O5S/c1-5-30-19-10-8-18(9-11-19)26(32(28,29)22-15(3)25-31-16(22)4)13-21(27)24-20-12-17(23)7-6-14(20)2/h6-12H,5,13H2,1-4H3,(H,24,27). The number of anilines is 2. The quantitative estimate of drug-likeness (QED) is 0.513.